The lowest BCUT2D eigenvalue weighted by Crippen LogP contribution is -2.55. The van der Waals surface area contributed by atoms with Crippen LogP contribution in [0, 0.1) is 0 Å². The van der Waals surface area contributed by atoms with Crippen LogP contribution in [0.1, 0.15) is 42.5 Å². The number of piperidine rings is 2. The Balaban J connectivity index is 1.68. The fourth-order valence-corrected chi connectivity index (χ4v) is 3.78. The maximum absolute atomic E-state index is 12.4. The number of nitrogens with two attached hydrogens (primary N) is 2. The van der Waals surface area contributed by atoms with E-state index in [0.717, 1.165) is 12.8 Å². The Hall–Kier alpha value is -1.75. The van der Waals surface area contributed by atoms with E-state index in [-0.39, 0.29) is 11.9 Å². The first kappa shape index (κ1) is 14.2. The van der Waals surface area contributed by atoms with E-state index in [4.69, 9.17) is 11.5 Å². The Morgan fingerprint density at radius 1 is 1.24 bits per heavy atom. The molecule has 1 amide bonds. The van der Waals surface area contributed by atoms with Crippen molar-refractivity contribution in [2.45, 2.75) is 50.2 Å². The minimum Gasteiger partial charge on any atom is -0.399 e. The monoisotopic (exact) mass is 288 g/mol. The van der Waals surface area contributed by atoms with Gasteiger partial charge in [-0.3, -0.25) is 4.79 Å². The molecule has 0 saturated carbocycles. The fraction of sp³-hybridized carbons (Fsp3) is 0.562. The van der Waals surface area contributed by atoms with Crippen molar-refractivity contribution in [3.8, 4) is 0 Å². The first-order valence-electron chi connectivity index (χ1n) is 7.72. The Morgan fingerprint density at radius 3 is 2.52 bits per heavy atom. The molecule has 2 bridgehead atoms. The van der Waals surface area contributed by atoms with Crippen molar-refractivity contribution in [3.05, 3.63) is 23.8 Å². The zero-order chi connectivity index (χ0) is 15.0. The van der Waals surface area contributed by atoms with Gasteiger partial charge in [-0.15, -0.1) is 0 Å². The number of nitrogen functional groups attached to an aromatic ring is 2. The quantitative estimate of drug-likeness (QED) is 0.722. The third-order valence-corrected chi connectivity index (χ3v) is 5.00. The summed E-state index contributed by atoms with van der Waals surface area (Å²) in [5.74, 6) is -0.0832. The second-order valence-electron chi connectivity index (χ2n) is 6.39. The van der Waals surface area contributed by atoms with Crippen molar-refractivity contribution in [2.24, 2.45) is 0 Å². The Morgan fingerprint density at radius 2 is 1.90 bits per heavy atom. The van der Waals surface area contributed by atoms with Crippen molar-refractivity contribution >= 4 is 17.3 Å². The molecule has 0 aliphatic carbocycles. The van der Waals surface area contributed by atoms with Gasteiger partial charge in [-0.2, -0.15) is 0 Å². The molecule has 2 fully saturated rings. The molecular weight excluding hydrogens is 264 g/mol. The highest BCUT2D eigenvalue weighted by Crippen LogP contribution is 2.32. The van der Waals surface area contributed by atoms with Gasteiger partial charge >= 0.3 is 0 Å². The van der Waals surface area contributed by atoms with Crippen LogP contribution in [0.5, 0.6) is 0 Å². The lowest BCUT2D eigenvalue weighted by molar-refractivity contribution is 0.0463. The van der Waals surface area contributed by atoms with Gasteiger partial charge in [0.2, 0.25) is 0 Å². The van der Waals surface area contributed by atoms with Gasteiger partial charge in [-0.1, -0.05) is 6.42 Å². The summed E-state index contributed by atoms with van der Waals surface area (Å²) in [6.07, 6.45) is 5.86. The van der Waals surface area contributed by atoms with Gasteiger partial charge < -0.3 is 21.7 Å². The molecule has 0 radical (unpaired) electrons. The maximum atomic E-state index is 12.4. The number of anilines is 2. The first-order valence-corrected chi connectivity index (χ1v) is 7.72. The van der Waals surface area contributed by atoms with Crippen molar-refractivity contribution < 1.29 is 4.79 Å². The van der Waals surface area contributed by atoms with Gasteiger partial charge in [0, 0.05) is 29.5 Å². The number of carbonyl (C=O) groups excluding carboxylic acids is 1. The number of carbonyl (C=O) groups is 1. The molecule has 114 valence electrons. The summed E-state index contributed by atoms with van der Waals surface area (Å²) in [6, 6.07) is 6.52. The smallest absolute Gasteiger partial charge is 0.253 e. The van der Waals surface area contributed by atoms with Crippen LogP contribution < -0.4 is 16.8 Å². The molecule has 21 heavy (non-hydrogen) atoms. The second-order valence-corrected chi connectivity index (χ2v) is 6.39. The number of nitrogens with zero attached hydrogens (tertiary/aromatic N) is 1. The number of amides is 1. The standard InChI is InChI=1S/C16H24N4O/c1-20-12-3-2-4-13(20)9-11(8-12)19-16(21)14-6-5-10(17)7-15(14)18/h5-7,11-13H,2-4,8-9,17-18H2,1H3,(H,19,21). The van der Waals surface area contributed by atoms with Crippen molar-refractivity contribution in [1.82, 2.24) is 10.2 Å². The van der Waals surface area contributed by atoms with E-state index >= 15 is 0 Å². The maximum Gasteiger partial charge on any atom is 0.253 e. The predicted octanol–water partition coefficient (Wildman–Crippen LogP) is 1.60. The van der Waals surface area contributed by atoms with Crippen LogP contribution in [0.25, 0.3) is 0 Å². The van der Waals surface area contributed by atoms with Crippen LogP contribution in [-0.4, -0.2) is 36.0 Å². The molecule has 2 unspecified atom stereocenters. The van der Waals surface area contributed by atoms with Crippen LogP contribution >= 0.6 is 0 Å². The van der Waals surface area contributed by atoms with Gasteiger partial charge in [-0.25, -0.2) is 0 Å². The summed E-state index contributed by atoms with van der Waals surface area (Å²) < 4.78 is 0. The highest BCUT2D eigenvalue weighted by atomic mass is 16.1. The van der Waals surface area contributed by atoms with Crippen LogP contribution in [0.2, 0.25) is 0 Å². The molecule has 5 N–H and O–H groups in total. The number of nitrogens with one attached hydrogen (secondary N) is 1. The SMILES string of the molecule is CN1C2CCCC1CC(NC(=O)c1ccc(N)cc1N)C2. The topological polar surface area (TPSA) is 84.4 Å². The Kier molecular flexibility index (Phi) is 3.76. The van der Waals surface area contributed by atoms with Crippen LogP contribution in [0.4, 0.5) is 11.4 Å². The van der Waals surface area contributed by atoms with E-state index in [0.29, 0.717) is 29.0 Å². The minimum atomic E-state index is -0.0832. The molecule has 2 aliphatic heterocycles. The highest BCUT2D eigenvalue weighted by molar-refractivity contribution is 5.99. The largest absolute Gasteiger partial charge is 0.399 e. The van der Waals surface area contributed by atoms with E-state index in [1.54, 1.807) is 18.2 Å². The lowest BCUT2D eigenvalue weighted by Gasteiger charge is -2.47. The zero-order valence-corrected chi connectivity index (χ0v) is 12.5. The summed E-state index contributed by atoms with van der Waals surface area (Å²) in [5, 5.41) is 3.16. The zero-order valence-electron chi connectivity index (χ0n) is 12.5. The number of benzene rings is 1. The molecule has 2 atom stereocenters. The van der Waals surface area contributed by atoms with Gasteiger partial charge in [-0.05, 0) is 50.9 Å². The molecule has 5 heteroatoms. The summed E-state index contributed by atoms with van der Waals surface area (Å²) in [5.41, 5.74) is 13.1. The first-order chi connectivity index (χ1) is 10.0. The van der Waals surface area contributed by atoms with E-state index in [9.17, 15) is 4.79 Å². The second kappa shape index (κ2) is 5.56. The van der Waals surface area contributed by atoms with Crippen molar-refractivity contribution in [1.29, 1.82) is 0 Å². The average Bonchev–Trinajstić information content (AvgIpc) is 2.39. The van der Waals surface area contributed by atoms with Gasteiger partial charge in [0.15, 0.2) is 0 Å². The molecule has 2 saturated heterocycles. The van der Waals surface area contributed by atoms with E-state index in [1.807, 2.05) is 0 Å². The molecule has 3 rings (SSSR count). The van der Waals surface area contributed by atoms with Gasteiger partial charge in [0.1, 0.15) is 0 Å². The third kappa shape index (κ3) is 2.83. The lowest BCUT2D eigenvalue weighted by atomic mass is 9.82. The normalized spacial score (nSPS) is 29.1. The van der Waals surface area contributed by atoms with Crippen molar-refractivity contribution in [2.75, 3.05) is 18.5 Å². The summed E-state index contributed by atoms with van der Waals surface area (Å²) in [6.45, 7) is 0. The van der Waals surface area contributed by atoms with Crippen LogP contribution in [-0.2, 0) is 0 Å². The molecule has 2 heterocycles. The number of hydrogen-bond donors (Lipinski definition) is 3. The molecular formula is C16H24N4O. The van der Waals surface area contributed by atoms with E-state index in [1.165, 1.54) is 19.3 Å². The molecule has 1 aromatic carbocycles. The van der Waals surface area contributed by atoms with Gasteiger partial charge in [0.25, 0.3) is 5.91 Å². The Labute approximate surface area is 125 Å². The summed E-state index contributed by atoms with van der Waals surface area (Å²) >= 11 is 0. The van der Waals surface area contributed by atoms with Gasteiger partial charge in [0.05, 0.1) is 5.56 Å². The predicted molar refractivity (Wildman–Crippen MR) is 84.9 cm³/mol. The highest BCUT2D eigenvalue weighted by Gasteiger charge is 2.36. The van der Waals surface area contributed by atoms with Crippen LogP contribution in [0.15, 0.2) is 18.2 Å². The molecule has 1 aromatic rings. The third-order valence-electron chi connectivity index (χ3n) is 5.00. The van der Waals surface area contributed by atoms with Crippen molar-refractivity contribution in [3.63, 3.8) is 0 Å². The summed E-state index contributed by atoms with van der Waals surface area (Å²) in [7, 11) is 2.21. The van der Waals surface area contributed by atoms with E-state index in [2.05, 4.69) is 17.3 Å². The Bertz CT molecular complexity index is 531. The van der Waals surface area contributed by atoms with Crippen LogP contribution in [0.3, 0.4) is 0 Å². The molecule has 5 nitrogen and oxygen atoms in total. The summed E-state index contributed by atoms with van der Waals surface area (Å²) in [4.78, 5) is 14.9. The number of hydrogen-bond acceptors (Lipinski definition) is 4. The fourth-order valence-electron chi connectivity index (χ4n) is 3.78. The molecule has 0 spiro atoms. The number of fused-ring (bicyclic) bond motifs is 2. The minimum absolute atomic E-state index is 0.0832. The average molecular weight is 288 g/mol. The molecule has 0 aromatic heterocycles. The number of rotatable bonds is 2. The molecule has 2 aliphatic rings. The van der Waals surface area contributed by atoms with E-state index < -0.39 is 0 Å².